The van der Waals surface area contributed by atoms with Gasteiger partial charge in [0.05, 0.1) is 6.61 Å². The Morgan fingerprint density at radius 1 is 1.28 bits per heavy atom. The van der Waals surface area contributed by atoms with Crippen molar-refractivity contribution in [2.45, 2.75) is 55.6 Å². The van der Waals surface area contributed by atoms with E-state index in [0.717, 1.165) is 12.8 Å². The van der Waals surface area contributed by atoms with E-state index >= 15 is 0 Å². The van der Waals surface area contributed by atoms with Crippen LogP contribution < -0.4 is 0 Å². The molecule has 0 radical (unpaired) electrons. The maximum absolute atomic E-state index is 11.4. The number of hydrogen-bond acceptors (Lipinski definition) is 2. The number of carbonyl (C=O) groups excluding carboxylic acids is 1. The van der Waals surface area contributed by atoms with Gasteiger partial charge in [-0.3, -0.25) is 4.79 Å². The van der Waals surface area contributed by atoms with Gasteiger partial charge >= 0.3 is 5.97 Å². The van der Waals surface area contributed by atoms with Crippen molar-refractivity contribution in [3.8, 4) is 0 Å². The molecule has 6 heteroatoms. The lowest BCUT2D eigenvalue weighted by molar-refractivity contribution is -0.146. The zero-order valence-corrected chi connectivity index (χ0v) is 14.0. The van der Waals surface area contributed by atoms with E-state index in [1.807, 2.05) is 20.8 Å². The molecule has 1 unspecified atom stereocenters. The van der Waals surface area contributed by atoms with Crippen molar-refractivity contribution < 1.29 is 9.53 Å². The van der Waals surface area contributed by atoms with Gasteiger partial charge in [0, 0.05) is 23.6 Å². The Hall–Kier alpha value is 0.630. The number of carbonyl (C=O) groups is 1. The second-order valence-corrected chi connectivity index (χ2v) is 8.08. The molecule has 0 aliphatic rings. The van der Waals surface area contributed by atoms with E-state index < -0.39 is 9.21 Å². The molecule has 0 aromatic rings. The van der Waals surface area contributed by atoms with Crippen LogP contribution in [0.5, 0.6) is 0 Å². The SMILES string of the molecule is CCCCC(=O)OCC(C)(C)C(Cl)CC(Cl)(Cl)Cl. The topological polar surface area (TPSA) is 26.3 Å². The first kappa shape index (κ1) is 18.6. The van der Waals surface area contributed by atoms with Crippen LogP contribution in [-0.4, -0.2) is 21.7 Å². The Morgan fingerprint density at radius 3 is 2.28 bits per heavy atom. The maximum atomic E-state index is 11.4. The molecule has 0 amide bonds. The molecular weight excluding hydrogens is 318 g/mol. The van der Waals surface area contributed by atoms with Gasteiger partial charge in [-0.2, -0.15) is 0 Å². The number of unbranched alkanes of at least 4 members (excludes halogenated alkanes) is 1. The largest absolute Gasteiger partial charge is 0.465 e. The van der Waals surface area contributed by atoms with Crippen LogP contribution >= 0.6 is 46.4 Å². The van der Waals surface area contributed by atoms with E-state index in [-0.39, 0.29) is 24.4 Å². The monoisotopic (exact) mass is 336 g/mol. The minimum Gasteiger partial charge on any atom is -0.465 e. The number of ether oxygens (including phenoxy) is 1. The standard InChI is InChI=1S/C12H20Cl4O2/c1-4-5-6-10(17)18-8-11(2,3)9(13)7-12(14,15)16/h9H,4-8H2,1-3H3. The minimum absolute atomic E-state index is 0.206. The van der Waals surface area contributed by atoms with Crippen LogP contribution in [0.3, 0.4) is 0 Å². The van der Waals surface area contributed by atoms with E-state index in [4.69, 9.17) is 51.1 Å². The van der Waals surface area contributed by atoms with Crippen LogP contribution in [0, 0.1) is 5.41 Å². The molecule has 108 valence electrons. The second-order valence-electron chi connectivity index (χ2n) is 5.04. The first-order chi connectivity index (χ1) is 8.08. The summed E-state index contributed by atoms with van der Waals surface area (Å²) in [5, 5.41) is -0.385. The lowest BCUT2D eigenvalue weighted by atomic mass is 9.88. The van der Waals surface area contributed by atoms with Crippen molar-refractivity contribution in [3.05, 3.63) is 0 Å². The van der Waals surface area contributed by atoms with Gasteiger partial charge in [-0.25, -0.2) is 0 Å². The third kappa shape index (κ3) is 8.68. The van der Waals surface area contributed by atoms with Crippen LogP contribution in [0.2, 0.25) is 0 Å². The first-order valence-corrected chi connectivity index (χ1v) is 7.52. The van der Waals surface area contributed by atoms with Crippen LogP contribution in [-0.2, 0) is 9.53 Å². The van der Waals surface area contributed by atoms with Gasteiger partial charge in [-0.05, 0) is 6.42 Å². The van der Waals surface area contributed by atoms with E-state index in [1.165, 1.54) is 0 Å². The van der Waals surface area contributed by atoms with E-state index in [1.54, 1.807) is 0 Å². The summed E-state index contributed by atoms with van der Waals surface area (Å²) in [6.45, 7) is 6.01. The lowest BCUT2D eigenvalue weighted by Crippen LogP contribution is -2.33. The fourth-order valence-electron chi connectivity index (χ4n) is 1.23. The fraction of sp³-hybridized carbons (Fsp3) is 0.917. The van der Waals surface area contributed by atoms with Gasteiger partial charge in [-0.1, -0.05) is 62.0 Å². The minimum atomic E-state index is -1.39. The van der Waals surface area contributed by atoms with Crippen molar-refractivity contribution in [3.63, 3.8) is 0 Å². The van der Waals surface area contributed by atoms with Gasteiger partial charge in [0.2, 0.25) is 0 Å². The van der Waals surface area contributed by atoms with E-state index in [9.17, 15) is 4.79 Å². The van der Waals surface area contributed by atoms with Gasteiger partial charge in [0.1, 0.15) is 0 Å². The predicted octanol–water partition coefficient (Wildman–Crippen LogP) is 5.11. The molecule has 0 aromatic heterocycles. The van der Waals surface area contributed by atoms with Crippen LogP contribution in [0.1, 0.15) is 46.5 Å². The summed E-state index contributed by atoms with van der Waals surface area (Å²) in [6.07, 6.45) is 2.43. The van der Waals surface area contributed by atoms with E-state index in [2.05, 4.69) is 0 Å². The Morgan fingerprint density at radius 2 is 1.83 bits per heavy atom. The first-order valence-electron chi connectivity index (χ1n) is 5.95. The summed E-state index contributed by atoms with van der Waals surface area (Å²) in [6, 6.07) is 0. The average Bonchev–Trinajstić information content (AvgIpc) is 2.21. The number of hydrogen-bond donors (Lipinski definition) is 0. The highest BCUT2D eigenvalue weighted by Gasteiger charge is 2.35. The molecule has 1 atom stereocenters. The summed E-state index contributed by atoms with van der Waals surface area (Å²) >= 11 is 23.3. The summed E-state index contributed by atoms with van der Waals surface area (Å²) < 4.78 is 3.80. The smallest absolute Gasteiger partial charge is 0.305 e. The van der Waals surface area contributed by atoms with Crippen LogP contribution in [0.15, 0.2) is 0 Å². The highest BCUT2D eigenvalue weighted by molar-refractivity contribution is 6.67. The van der Waals surface area contributed by atoms with Crippen molar-refractivity contribution in [2.75, 3.05) is 6.61 Å². The fourth-order valence-corrected chi connectivity index (χ4v) is 2.22. The quantitative estimate of drug-likeness (QED) is 0.476. The van der Waals surface area contributed by atoms with Crippen molar-refractivity contribution in [1.29, 1.82) is 0 Å². The molecule has 2 nitrogen and oxygen atoms in total. The van der Waals surface area contributed by atoms with Crippen LogP contribution in [0.25, 0.3) is 0 Å². The normalized spacial score (nSPS) is 14.4. The Kier molecular flexibility index (Phi) is 8.32. The molecule has 0 saturated carbocycles. The molecule has 0 spiro atoms. The molecule has 0 heterocycles. The highest BCUT2D eigenvalue weighted by Crippen LogP contribution is 2.39. The zero-order chi connectivity index (χ0) is 14.4. The van der Waals surface area contributed by atoms with E-state index in [0.29, 0.717) is 6.42 Å². The molecule has 0 fully saturated rings. The van der Waals surface area contributed by atoms with Crippen LogP contribution in [0.4, 0.5) is 0 Å². The molecule has 0 saturated heterocycles. The number of rotatable bonds is 7. The molecule has 0 N–H and O–H groups in total. The molecule has 18 heavy (non-hydrogen) atoms. The zero-order valence-electron chi connectivity index (χ0n) is 10.9. The molecule has 0 aliphatic heterocycles. The second kappa shape index (κ2) is 8.04. The van der Waals surface area contributed by atoms with Gasteiger partial charge in [0.15, 0.2) is 3.79 Å². The van der Waals surface area contributed by atoms with Crippen molar-refractivity contribution in [2.24, 2.45) is 5.41 Å². The summed E-state index contributed by atoms with van der Waals surface area (Å²) in [5.74, 6) is -0.206. The summed E-state index contributed by atoms with van der Waals surface area (Å²) in [7, 11) is 0. The van der Waals surface area contributed by atoms with Crippen molar-refractivity contribution >= 4 is 52.4 Å². The van der Waals surface area contributed by atoms with Gasteiger partial charge in [0.25, 0.3) is 0 Å². The third-order valence-electron chi connectivity index (χ3n) is 2.60. The molecule has 0 aromatic carbocycles. The van der Waals surface area contributed by atoms with Crippen molar-refractivity contribution in [1.82, 2.24) is 0 Å². The summed E-state index contributed by atoms with van der Waals surface area (Å²) in [4.78, 5) is 11.4. The molecule has 0 aliphatic carbocycles. The molecule has 0 bridgehead atoms. The lowest BCUT2D eigenvalue weighted by Gasteiger charge is -2.31. The number of esters is 1. The number of halogens is 4. The highest BCUT2D eigenvalue weighted by atomic mass is 35.6. The summed E-state index contributed by atoms with van der Waals surface area (Å²) in [5.41, 5.74) is -0.437. The third-order valence-corrected chi connectivity index (χ3v) is 3.81. The molecular formula is C12H20Cl4O2. The number of alkyl halides is 4. The average molecular weight is 338 g/mol. The van der Waals surface area contributed by atoms with Gasteiger partial charge in [-0.15, -0.1) is 11.6 Å². The Balaban J connectivity index is 4.17. The Labute approximate surface area is 129 Å². The van der Waals surface area contributed by atoms with Gasteiger partial charge < -0.3 is 4.74 Å². The molecule has 0 rings (SSSR count). The Bertz CT molecular complexity index is 261. The maximum Gasteiger partial charge on any atom is 0.305 e. The predicted molar refractivity (Wildman–Crippen MR) is 78.8 cm³/mol.